The van der Waals surface area contributed by atoms with E-state index in [1.807, 2.05) is 6.92 Å². The van der Waals surface area contributed by atoms with Crippen LogP contribution in [0.15, 0.2) is 0 Å². The van der Waals surface area contributed by atoms with Gasteiger partial charge >= 0.3 is 5.97 Å². The molecule has 0 aliphatic heterocycles. The summed E-state index contributed by atoms with van der Waals surface area (Å²) in [5.74, 6) is -0.217. The highest BCUT2D eigenvalue weighted by Gasteiger charge is 2.15. The zero-order valence-electron chi connectivity index (χ0n) is 11.4. The van der Waals surface area contributed by atoms with Crippen molar-refractivity contribution in [1.82, 2.24) is 0 Å². The molecule has 0 spiro atoms. The highest BCUT2D eigenvalue weighted by Crippen LogP contribution is 2.09. The number of carbonyl (C=O) groups excluding carboxylic acids is 1. The summed E-state index contributed by atoms with van der Waals surface area (Å²) in [5, 5.41) is 0. The fraction of sp³-hybridized carbons (Fsp3) is 0.923. The number of rotatable bonds is 10. The predicted octanol–water partition coefficient (Wildman–Crippen LogP) is 2.25. The maximum absolute atomic E-state index is 11.5. The predicted molar refractivity (Wildman–Crippen MR) is 68.8 cm³/mol. The molecule has 0 bridgehead atoms. The first-order valence-corrected chi connectivity index (χ1v) is 6.56. The molecule has 0 heterocycles. The first-order chi connectivity index (χ1) is 8.13. The van der Waals surface area contributed by atoms with Crippen molar-refractivity contribution >= 4 is 5.97 Å². The van der Waals surface area contributed by atoms with E-state index in [0.29, 0.717) is 6.54 Å². The van der Waals surface area contributed by atoms with Crippen LogP contribution in [-0.2, 0) is 14.3 Å². The fourth-order valence-corrected chi connectivity index (χ4v) is 1.64. The average Bonchev–Trinajstić information content (AvgIpc) is 2.31. The Morgan fingerprint density at radius 3 is 2.53 bits per heavy atom. The lowest BCUT2D eigenvalue weighted by atomic mass is 10.1. The van der Waals surface area contributed by atoms with E-state index in [9.17, 15) is 4.79 Å². The summed E-state index contributed by atoms with van der Waals surface area (Å²) in [4.78, 5) is 11.5. The summed E-state index contributed by atoms with van der Waals surface area (Å²) in [6, 6.07) is 0. The van der Waals surface area contributed by atoms with Crippen molar-refractivity contribution in [3.05, 3.63) is 0 Å². The average molecular weight is 245 g/mol. The minimum Gasteiger partial charge on any atom is -0.463 e. The standard InChI is InChI=1S/C13H27NO3/c1-4-5-6-7-8-11(2)17-13(15)9-12(10-14)16-3/h11-12H,4-10,14H2,1-3H3. The Kier molecular flexibility index (Phi) is 10.2. The molecule has 4 heteroatoms. The molecule has 102 valence electrons. The van der Waals surface area contributed by atoms with Crippen LogP contribution in [0.3, 0.4) is 0 Å². The van der Waals surface area contributed by atoms with Gasteiger partial charge in [0, 0.05) is 13.7 Å². The SMILES string of the molecule is CCCCCCC(C)OC(=O)CC(CN)OC. The van der Waals surface area contributed by atoms with E-state index in [1.54, 1.807) is 7.11 Å². The Bertz CT molecular complexity index is 193. The van der Waals surface area contributed by atoms with Gasteiger partial charge in [0.15, 0.2) is 0 Å². The number of unbranched alkanes of at least 4 members (excludes halogenated alkanes) is 3. The van der Waals surface area contributed by atoms with Crippen LogP contribution < -0.4 is 5.73 Å². The molecular formula is C13H27NO3. The smallest absolute Gasteiger partial charge is 0.308 e. The van der Waals surface area contributed by atoms with E-state index in [1.165, 1.54) is 19.3 Å². The summed E-state index contributed by atoms with van der Waals surface area (Å²) in [6.07, 6.45) is 5.75. The Balaban J connectivity index is 3.64. The van der Waals surface area contributed by atoms with E-state index in [0.717, 1.165) is 12.8 Å². The number of methoxy groups -OCH3 is 1. The minimum absolute atomic E-state index is 0.00497. The Morgan fingerprint density at radius 2 is 2.00 bits per heavy atom. The molecule has 0 aromatic carbocycles. The Labute approximate surface area is 105 Å². The number of carbonyl (C=O) groups is 1. The summed E-state index contributed by atoms with van der Waals surface area (Å²) in [5.41, 5.74) is 5.44. The van der Waals surface area contributed by atoms with E-state index in [2.05, 4.69) is 6.92 Å². The monoisotopic (exact) mass is 245 g/mol. The fourth-order valence-electron chi connectivity index (χ4n) is 1.64. The van der Waals surface area contributed by atoms with Gasteiger partial charge in [-0.15, -0.1) is 0 Å². The molecule has 0 fully saturated rings. The van der Waals surface area contributed by atoms with Gasteiger partial charge in [-0.2, -0.15) is 0 Å². The van der Waals surface area contributed by atoms with Crippen LogP contribution in [0.5, 0.6) is 0 Å². The zero-order valence-corrected chi connectivity index (χ0v) is 11.4. The molecule has 4 nitrogen and oxygen atoms in total. The molecule has 0 rings (SSSR count). The molecule has 2 unspecified atom stereocenters. The lowest BCUT2D eigenvalue weighted by molar-refractivity contribution is -0.151. The largest absolute Gasteiger partial charge is 0.463 e. The van der Waals surface area contributed by atoms with Crippen molar-refractivity contribution in [3.63, 3.8) is 0 Å². The molecule has 0 radical (unpaired) electrons. The molecule has 0 aliphatic carbocycles. The van der Waals surface area contributed by atoms with E-state index >= 15 is 0 Å². The number of ether oxygens (including phenoxy) is 2. The van der Waals surface area contributed by atoms with Crippen molar-refractivity contribution in [3.8, 4) is 0 Å². The summed E-state index contributed by atoms with van der Waals surface area (Å²) >= 11 is 0. The quantitative estimate of drug-likeness (QED) is 0.473. The van der Waals surface area contributed by atoms with Crippen molar-refractivity contribution in [1.29, 1.82) is 0 Å². The molecule has 0 aliphatic rings. The number of esters is 1. The molecule has 0 amide bonds. The van der Waals surface area contributed by atoms with Gasteiger partial charge in [-0.1, -0.05) is 26.2 Å². The van der Waals surface area contributed by atoms with Gasteiger partial charge in [0.2, 0.25) is 0 Å². The van der Waals surface area contributed by atoms with Crippen LogP contribution in [0.4, 0.5) is 0 Å². The van der Waals surface area contributed by atoms with E-state index in [-0.39, 0.29) is 24.6 Å². The first kappa shape index (κ1) is 16.4. The topological polar surface area (TPSA) is 61.5 Å². The van der Waals surface area contributed by atoms with Gasteiger partial charge in [0.25, 0.3) is 0 Å². The third kappa shape index (κ3) is 9.12. The van der Waals surface area contributed by atoms with Gasteiger partial charge in [-0.05, 0) is 19.8 Å². The second-order valence-electron chi connectivity index (χ2n) is 4.45. The van der Waals surface area contributed by atoms with Crippen LogP contribution in [0.25, 0.3) is 0 Å². The van der Waals surface area contributed by atoms with Gasteiger partial charge in [0.05, 0.1) is 18.6 Å². The highest BCUT2D eigenvalue weighted by molar-refractivity contribution is 5.70. The van der Waals surface area contributed by atoms with Gasteiger partial charge < -0.3 is 15.2 Å². The molecule has 2 atom stereocenters. The van der Waals surface area contributed by atoms with Crippen LogP contribution >= 0.6 is 0 Å². The molecule has 17 heavy (non-hydrogen) atoms. The molecule has 2 N–H and O–H groups in total. The third-order valence-electron chi connectivity index (χ3n) is 2.79. The van der Waals surface area contributed by atoms with Crippen molar-refractivity contribution in [2.75, 3.05) is 13.7 Å². The van der Waals surface area contributed by atoms with Crippen molar-refractivity contribution < 1.29 is 14.3 Å². The minimum atomic E-state index is -0.227. The summed E-state index contributed by atoms with van der Waals surface area (Å²) < 4.78 is 10.3. The van der Waals surface area contributed by atoms with E-state index < -0.39 is 0 Å². The lowest BCUT2D eigenvalue weighted by Crippen LogP contribution is -2.27. The summed E-state index contributed by atoms with van der Waals surface area (Å²) in [6.45, 7) is 4.46. The normalized spacial score (nSPS) is 14.4. The van der Waals surface area contributed by atoms with Crippen molar-refractivity contribution in [2.45, 2.75) is 64.6 Å². The Morgan fingerprint density at radius 1 is 1.29 bits per heavy atom. The van der Waals surface area contributed by atoms with Crippen LogP contribution in [-0.4, -0.2) is 31.8 Å². The highest BCUT2D eigenvalue weighted by atomic mass is 16.5. The van der Waals surface area contributed by atoms with Gasteiger partial charge in [-0.3, -0.25) is 4.79 Å². The van der Waals surface area contributed by atoms with Crippen LogP contribution in [0.1, 0.15) is 52.4 Å². The van der Waals surface area contributed by atoms with E-state index in [4.69, 9.17) is 15.2 Å². The molecule has 0 aromatic heterocycles. The van der Waals surface area contributed by atoms with Gasteiger partial charge in [-0.25, -0.2) is 0 Å². The number of nitrogens with two attached hydrogens (primary N) is 1. The first-order valence-electron chi connectivity index (χ1n) is 6.56. The molecule has 0 aromatic rings. The number of hydrogen-bond donors (Lipinski definition) is 1. The second kappa shape index (κ2) is 10.5. The second-order valence-corrected chi connectivity index (χ2v) is 4.45. The van der Waals surface area contributed by atoms with Crippen LogP contribution in [0.2, 0.25) is 0 Å². The molecule has 0 saturated heterocycles. The number of hydrogen-bond acceptors (Lipinski definition) is 4. The lowest BCUT2D eigenvalue weighted by Gasteiger charge is -2.16. The molecular weight excluding hydrogens is 218 g/mol. The third-order valence-corrected chi connectivity index (χ3v) is 2.79. The van der Waals surface area contributed by atoms with Crippen molar-refractivity contribution in [2.24, 2.45) is 5.73 Å². The maximum atomic E-state index is 11.5. The van der Waals surface area contributed by atoms with Gasteiger partial charge in [0.1, 0.15) is 0 Å². The molecule has 0 saturated carbocycles. The summed E-state index contributed by atoms with van der Waals surface area (Å²) in [7, 11) is 1.55. The maximum Gasteiger partial charge on any atom is 0.308 e. The Hall–Kier alpha value is -0.610. The zero-order chi connectivity index (χ0) is 13.1. The van der Waals surface area contributed by atoms with Crippen LogP contribution in [0, 0.1) is 0 Å².